The molecule has 0 saturated heterocycles. The molecule has 0 radical (unpaired) electrons. The lowest BCUT2D eigenvalue weighted by atomic mass is 9.68. The van der Waals surface area contributed by atoms with Crippen LogP contribution in [0.15, 0.2) is 48.5 Å². The van der Waals surface area contributed by atoms with Gasteiger partial charge in [0.2, 0.25) is 0 Å². The summed E-state index contributed by atoms with van der Waals surface area (Å²) in [5.74, 6) is 0.415. The summed E-state index contributed by atoms with van der Waals surface area (Å²) in [4.78, 5) is 0. The molecule has 3 rings (SSSR count). The summed E-state index contributed by atoms with van der Waals surface area (Å²) in [6.45, 7) is 0. The van der Waals surface area contributed by atoms with Gasteiger partial charge in [0.15, 0.2) is 0 Å². The minimum Gasteiger partial charge on any atom is -0.207 e. The van der Waals surface area contributed by atoms with E-state index < -0.39 is 0 Å². The maximum Gasteiger partial charge on any atom is 0.126 e. The summed E-state index contributed by atoms with van der Waals surface area (Å²) in [6, 6.07) is 15.5. The number of hydrogen-bond acceptors (Lipinski definition) is 0. The van der Waals surface area contributed by atoms with Crippen molar-refractivity contribution in [2.24, 2.45) is 0 Å². The maximum atomic E-state index is 14.0. The first-order chi connectivity index (χ1) is 9.75. The lowest BCUT2D eigenvalue weighted by Crippen LogP contribution is -2.35. The second-order valence-corrected chi connectivity index (χ2v) is 5.96. The zero-order valence-corrected chi connectivity index (χ0v) is 12.2. The monoisotopic (exact) mass is 288 g/mol. The molecule has 0 aliphatic heterocycles. The van der Waals surface area contributed by atoms with Gasteiger partial charge in [-0.05, 0) is 48.4 Å². The van der Waals surface area contributed by atoms with E-state index in [-0.39, 0.29) is 11.2 Å². The summed E-state index contributed by atoms with van der Waals surface area (Å²) in [7, 11) is 0. The van der Waals surface area contributed by atoms with E-state index in [4.69, 9.17) is 11.6 Å². The standard InChI is InChI=1S/C18H18ClF/c19-13-18(12-15-7-2-4-10-17(15)20)11-5-8-14-6-1-3-9-16(14)18/h1-4,6-7,9-10H,5,8,11-13H2. The van der Waals surface area contributed by atoms with Gasteiger partial charge in [0, 0.05) is 11.3 Å². The molecule has 104 valence electrons. The summed E-state index contributed by atoms with van der Waals surface area (Å²) < 4.78 is 14.0. The molecule has 0 N–H and O–H groups in total. The van der Waals surface area contributed by atoms with Gasteiger partial charge < -0.3 is 0 Å². The molecule has 0 spiro atoms. The van der Waals surface area contributed by atoms with Gasteiger partial charge in [0.1, 0.15) is 5.82 Å². The van der Waals surface area contributed by atoms with Crippen molar-refractivity contribution in [2.45, 2.75) is 31.1 Å². The number of hydrogen-bond donors (Lipinski definition) is 0. The third-order valence-corrected chi connectivity index (χ3v) is 4.94. The Bertz CT molecular complexity index is 608. The Morgan fingerprint density at radius 1 is 1.05 bits per heavy atom. The van der Waals surface area contributed by atoms with Crippen molar-refractivity contribution in [3.05, 3.63) is 71.0 Å². The maximum absolute atomic E-state index is 14.0. The van der Waals surface area contributed by atoms with Crippen LogP contribution in [0, 0.1) is 5.82 Å². The average Bonchev–Trinajstić information content (AvgIpc) is 2.50. The van der Waals surface area contributed by atoms with Crippen molar-refractivity contribution in [1.29, 1.82) is 0 Å². The third kappa shape index (κ3) is 2.35. The molecule has 2 heteroatoms. The lowest BCUT2D eigenvalue weighted by Gasteiger charge is -2.38. The molecule has 0 fully saturated rings. The van der Waals surface area contributed by atoms with Gasteiger partial charge in [0.25, 0.3) is 0 Å². The van der Waals surface area contributed by atoms with Gasteiger partial charge in [-0.25, -0.2) is 4.39 Å². The van der Waals surface area contributed by atoms with Crippen LogP contribution in [0.3, 0.4) is 0 Å². The highest BCUT2D eigenvalue weighted by molar-refractivity contribution is 6.18. The molecular formula is C18H18ClF. The zero-order chi connectivity index (χ0) is 14.0. The first kappa shape index (κ1) is 13.6. The van der Waals surface area contributed by atoms with Crippen LogP contribution < -0.4 is 0 Å². The highest BCUT2D eigenvalue weighted by atomic mass is 35.5. The van der Waals surface area contributed by atoms with E-state index in [0.29, 0.717) is 12.3 Å². The zero-order valence-electron chi connectivity index (χ0n) is 11.4. The second-order valence-electron chi connectivity index (χ2n) is 5.69. The van der Waals surface area contributed by atoms with Crippen molar-refractivity contribution in [3.63, 3.8) is 0 Å². The van der Waals surface area contributed by atoms with Gasteiger partial charge in [-0.15, -0.1) is 11.6 Å². The molecule has 20 heavy (non-hydrogen) atoms. The molecule has 1 aliphatic carbocycles. The highest BCUT2D eigenvalue weighted by Gasteiger charge is 2.36. The molecule has 0 bridgehead atoms. The van der Waals surface area contributed by atoms with E-state index in [2.05, 4.69) is 24.3 Å². The largest absolute Gasteiger partial charge is 0.207 e. The number of rotatable bonds is 3. The van der Waals surface area contributed by atoms with Crippen LogP contribution >= 0.6 is 11.6 Å². The van der Waals surface area contributed by atoms with Gasteiger partial charge in [-0.1, -0.05) is 42.5 Å². The molecular weight excluding hydrogens is 271 g/mol. The van der Waals surface area contributed by atoms with Crippen LogP contribution in [0.2, 0.25) is 0 Å². The van der Waals surface area contributed by atoms with Crippen molar-refractivity contribution >= 4 is 11.6 Å². The minimum atomic E-state index is -0.126. The Balaban J connectivity index is 2.03. The third-order valence-electron chi connectivity index (χ3n) is 4.43. The van der Waals surface area contributed by atoms with E-state index in [1.807, 2.05) is 12.1 Å². The number of fused-ring (bicyclic) bond motifs is 1. The predicted octanol–water partition coefficient (Wildman–Crippen LogP) is 4.88. The van der Waals surface area contributed by atoms with Crippen molar-refractivity contribution in [2.75, 3.05) is 5.88 Å². The van der Waals surface area contributed by atoms with Gasteiger partial charge in [-0.2, -0.15) is 0 Å². The molecule has 0 aromatic heterocycles. The molecule has 1 aliphatic rings. The van der Waals surface area contributed by atoms with Crippen molar-refractivity contribution < 1.29 is 4.39 Å². The van der Waals surface area contributed by atoms with Crippen molar-refractivity contribution in [3.8, 4) is 0 Å². The molecule has 2 aromatic rings. The first-order valence-corrected chi connectivity index (χ1v) is 7.66. The van der Waals surface area contributed by atoms with Crippen molar-refractivity contribution in [1.82, 2.24) is 0 Å². The Hall–Kier alpha value is -1.34. The summed E-state index contributed by atoms with van der Waals surface area (Å²) >= 11 is 6.34. The molecule has 1 atom stereocenters. The van der Waals surface area contributed by atoms with Crippen LogP contribution in [0.25, 0.3) is 0 Å². The smallest absolute Gasteiger partial charge is 0.126 e. The lowest BCUT2D eigenvalue weighted by molar-refractivity contribution is 0.390. The first-order valence-electron chi connectivity index (χ1n) is 7.13. The topological polar surface area (TPSA) is 0 Å². The fraction of sp³-hybridized carbons (Fsp3) is 0.333. The summed E-state index contributed by atoms with van der Waals surface area (Å²) in [6.07, 6.45) is 3.94. The fourth-order valence-electron chi connectivity index (χ4n) is 3.38. The second kappa shape index (κ2) is 5.57. The quantitative estimate of drug-likeness (QED) is 0.706. The molecule has 1 unspecified atom stereocenters. The van der Waals surface area contributed by atoms with Crippen LogP contribution in [-0.4, -0.2) is 5.88 Å². The van der Waals surface area contributed by atoms with Crippen LogP contribution in [0.4, 0.5) is 4.39 Å². The highest BCUT2D eigenvalue weighted by Crippen LogP contribution is 2.41. The minimum absolute atomic E-state index is 0.125. The Morgan fingerprint density at radius 2 is 1.80 bits per heavy atom. The fourth-order valence-corrected chi connectivity index (χ4v) is 3.76. The van der Waals surface area contributed by atoms with E-state index in [1.165, 1.54) is 17.2 Å². The SMILES string of the molecule is Fc1ccccc1CC1(CCl)CCCc2ccccc21. The Kier molecular flexibility index (Phi) is 3.80. The van der Waals surface area contributed by atoms with Crippen LogP contribution in [-0.2, 0) is 18.3 Å². The molecule has 2 aromatic carbocycles. The average molecular weight is 289 g/mol. The van der Waals surface area contributed by atoms with E-state index in [1.54, 1.807) is 6.07 Å². The van der Waals surface area contributed by atoms with E-state index in [9.17, 15) is 4.39 Å². The number of aryl methyl sites for hydroxylation is 1. The Labute approximate surface area is 124 Å². The van der Waals surface area contributed by atoms with E-state index in [0.717, 1.165) is 24.8 Å². The van der Waals surface area contributed by atoms with E-state index >= 15 is 0 Å². The predicted molar refractivity (Wildman–Crippen MR) is 81.9 cm³/mol. The molecule has 0 saturated carbocycles. The normalized spacial score (nSPS) is 21.5. The number of halogens is 2. The Morgan fingerprint density at radius 3 is 2.60 bits per heavy atom. The molecule has 0 nitrogen and oxygen atoms in total. The van der Waals surface area contributed by atoms with Gasteiger partial charge in [-0.3, -0.25) is 0 Å². The molecule has 0 amide bonds. The van der Waals surface area contributed by atoms with Gasteiger partial charge in [0.05, 0.1) is 0 Å². The number of alkyl halides is 1. The van der Waals surface area contributed by atoms with Gasteiger partial charge >= 0.3 is 0 Å². The summed E-state index contributed by atoms with van der Waals surface area (Å²) in [5, 5.41) is 0. The van der Waals surface area contributed by atoms with Crippen LogP contribution in [0.1, 0.15) is 29.5 Å². The van der Waals surface area contributed by atoms with Crippen LogP contribution in [0.5, 0.6) is 0 Å². The number of benzene rings is 2. The summed E-state index contributed by atoms with van der Waals surface area (Å²) in [5.41, 5.74) is 3.32. The molecule has 0 heterocycles.